The Hall–Kier alpha value is -2.31. The maximum Gasteiger partial charge on any atom is 0.195 e. The Kier molecular flexibility index (Phi) is 7.21. The van der Waals surface area contributed by atoms with Crippen molar-refractivity contribution in [1.82, 2.24) is 4.90 Å². The van der Waals surface area contributed by atoms with Crippen LogP contribution >= 0.6 is 47.0 Å². The summed E-state index contributed by atoms with van der Waals surface area (Å²) in [6, 6.07) is 20.0. The van der Waals surface area contributed by atoms with Crippen LogP contribution < -0.4 is 10.2 Å². The molecule has 164 valence electrons. The van der Waals surface area contributed by atoms with Crippen LogP contribution in [0.1, 0.15) is 15.9 Å². The zero-order chi connectivity index (χ0) is 22.7. The molecule has 0 unspecified atom stereocenters. The van der Waals surface area contributed by atoms with E-state index in [0.29, 0.717) is 37.0 Å². The molecule has 1 fully saturated rings. The molecule has 0 aliphatic carbocycles. The normalized spacial score (nSPS) is 13.7. The molecule has 0 spiro atoms. The van der Waals surface area contributed by atoms with Crippen LogP contribution in [0, 0.1) is 0 Å². The Morgan fingerprint density at radius 1 is 0.844 bits per heavy atom. The van der Waals surface area contributed by atoms with Crippen molar-refractivity contribution in [3.8, 4) is 0 Å². The number of hydrogen-bond acceptors (Lipinski definition) is 3. The Labute approximate surface area is 207 Å². The quantitative estimate of drug-likeness (QED) is 0.329. The summed E-state index contributed by atoms with van der Waals surface area (Å²) in [5.74, 6) is -0.108. The molecule has 1 N–H and O–H groups in total. The van der Waals surface area contributed by atoms with Crippen LogP contribution in [0.2, 0.25) is 15.1 Å². The predicted octanol–water partition coefficient (Wildman–Crippen LogP) is 6.40. The van der Waals surface area contributed by atoms with E-state index in [-0.39, 0.29) is 5.78 Å². The van der Waals surface area contributed by atoms with Crippen LogP contribution in [0.4, 0.5) is 11.4 Å². The van der Waals surface area contributed by atoms with E-state index in [1.54, 1.807) is 30.3 Å². The van der Waals surface area contributed by atoms with Gasteiger partial charge in [-0.15, -0.1) is 0 Å². The fraction of sp³-hybridized carbons (Fsp3) is 0.167. The molecule has 32 heavy (non-hydrogen) atoms. The number of carbonyl (C=O) groups excluding carboxylic acids is 1. The van der Waals surface area contributed by atoms with Crippen molar-refractivity contribution in [2.24, 2.45) is 0 Å². The lowest BCUT2D eigenvalue weighted by molar-refractivity contribution is 0.103. The molecule has 0 saturated carbocycles. The summed E-state index contributed by atoms with van der Waals surface area (Å²) in [6.45, 7) is 3.05. The fourth-order valence-corrected chi connectivity index (χ4v) is 4.36. The maximum atomic E-state index is 13.0. The maximum absolute atomic E-state index is 13.0. The second-order valence-electron chi connectivity index (χ2n) is 7.39. The third kappa shape index (κ3) is 5.18. The van der Waals surface area contributed by atoms with Crippen molar-refractivity contribution in [1.29, 1.82) is 0 Å². The van der Waals surface area contributed by atoms with E-state index in [4.69, 9.17) is 47.0 Å². The number of rotatable bonds is 4. The molecule has 0 radical (unpaired) electrons. The first-order chi connectivity index (χ1) is 15.4. The van der Waals surface area contributed by atoms with Gasteiger partial charge in [0, 0.05) is 48.0 Å². The lowest BCUT2D eigenvalue weighted by Gasteiger charge is -2.37. The van der Waals surface area contributed by atoms with Gasteiger partial charge in [0.25, 0.3) is 0 Å². The number of thiocarbonyl (C=S) groups is 1. The first-order valence-electron chi connectivity index (χ1n) is 10.1. The van der Waals surface area contributed by atoms with E-state index in [0.717, 1.165) is 31.9 Å². The number of nitrogens with one attached hydrogen (secondary N) is 1. The number of anilines is 2. The van der Waals surface area contributed by atoms with Crippen molar-refractivity contribution in [3.05, 3.63) is 92.9 Å². The summed E-state index contributed by atoms with van der Waals surface area (Å²) in [5, 5.41) is 5.41. The highest BCUT2D eigenvalue weighted by atomic mass is 35.5. The Morgan fingerprint density at radius 2 is 1.56 bits per heavy atom. The van der Waals surface area contributed by atoms with Gasteiger partial charge in [-0.2, -0.15) is 0 Å². The Balaban J connectivity index is 1.45. The molecular formula is C24H20Cl3N3OS. The number of carbonyl (C=O) groups is 1. The minimum atomic E-state index is -0.108. The SMILES string of the molecule is O=C(c1ccccc1)c1cc(Cl)ccc1NC(=S)N1CCN(c2ccc(Cl)c(Cl)c2)CC1. The van der Waals surface area contributed by atoms with Gasteiger partial charge >= 0.3 is 0 Å². The van der Waals surface area contributed by atoms with E-state index in [2.05, 4.69) is 15.1 Å². The molecule has 3 aromatic carbocycles. The van der Waals surface area contributed by atoms with Crippen LogP contribution in [0.15, 0.2) is 66.7 Å². The van der Waals surface area contributed by atoms with Gasteiger partial charge in [0.15, 0.2) is 10.9 Å². The van der Waals surface area contributed by atoms with Gasteiger partial charge in [-0.1, -0.05) is 65.1 Å². The average molecular weight is 505 g/mol. The van der Waals surface area contributed by atoms with Crippen LogP contribution in [0.25, 0.3) is 0 Å². The molecular weight excluding hydrogens is 485 g/mol. The highest BCUT2D eigenvalue weighted by Gasteiger charge is 2.21. The van der Waals surface area contributed by atoms with E-state index in [1.165, 1.54) is 0 Å². The van der Waals surface area contributed by atoms with Crippen molar-refractivity contribution >= 4 is 69.3 Å². The van der Waals surface area contributed by atoms with Crippen LogP contribution in [-0.2, 0) is 0 Å². The van der Waals surface area contributed by atoms with Crippen LogP contribution in [0.5, 0.6) is 0 Å². The Bertz CT molecular complexity index is 1150. The largest absolute Gasteiger partial charge is 0.368 e. The number of benzene rings is 3. The molecule has 1 heterocycles. The first kappa shape index (κ1) is 22.9. The standard InChI is InChI=1S/C24H20Cl3N3OS/c25-17-6-9-22(19(14-17)23(31)16-4-2-1-3-5-16)28-24(32)30-12-10-29(11-13-30)18-7-8-20(26)21(27)15-18/h1-9,14-15H,10-13H2,(H,28,32). The molecule has 8 heteroatoms. The smallest absolute Gasteiger partial charge is 0.195 e. The molecule has 1 aliphatic heterocycles. The number of piperazine rings is 1. The van der Waals surface area contributed by atoms with Gasteiger partial charge in [-0.05, 0) is 48.6 Å². The molecule has 0 bridgehead atoms. The number of nitrogens with zero attached hydrogens (tertiary/aromatic N) is 2. The molecule has 4 rings (SSSR count). The summed E-state index contributed by atoms with van der Waals surface area (Å²) >= 11 is 24.0. The second kappa shape index (κ2) is 10.1. The summed E-state index contributed by atoms with van der Waals surface area (Å²) in [7, 11) is 0. The lowest BCUT2D eigenvalue weighted by Crippen LogP contribution is -2.50. The highest BCUT2D eigenvalue weighted by molar-refractivity contribution is 7.80. The van der Waals surface area contributed by atoms with Gasteiger partial charge in [-0.3, -0.25) is 4.79 Å². The van der Waals surface area contributed by atoms with Gasteiger partial charge in [0.05, 0.1) is 15.7 Å². The zero-order valence-electron chi connectivity index (χ0n) is 17.0. The molecule has 0 aromatic heterocycles. The van der Waals surface area contributed by atoms with Gasteiger partial charge in [0.2, 0.25) is 0 Å². The lowest BCUT2D eigenvalue weighted by atomic mass is 10.0. The third-order valence-electron chi connectivity index (χ3n) is 5.34. The molecule has 0 atom stereocenters. The van der Waals surface area contributed by atoms with E-state index >= 15 is 0 Å². The monoisotopic (exact) mass is 503 g/mol. The minimum absolute atomic E-state index is 0.108. The van der Waals surface area contributed by atoms with Crippen molar-refractivity contribution in [2.75, 3.05) is 36.4 Å². The summed E-state index contributed by atoms with van der Waals surface area (Å²) in [6.07, 6.45) is 0. The topological polar surface area (TPSA) is 35.6 Å². The number of ketones is 1. The van der Waals surface area contributed by atoms with E-state index in [9.17, 15) is 4.79 Å². The van der Waals surface area contributed by atoms with Crippen molar-refractivity contribution in [2.45, 2.75) is 0 Å². The molecule has 3 aromatic rings. The van der Waals surface area contributed by atoms with Crippen molar-refractivity contribution in [3.63, 3.8) is 0 Å². The van der Waals surface area contributed by atoms with Crippen LogP contribution in [-0.4, -0.2) is 42.0 Å². The predicted molar refractivity (Wildman–Crippen MR) is 138 cm³/mol. The first-order valence-corrected chi connectivity index (χ1v) is 11.6. The Morgan fingerprint density at radius 3 is 2.25 bits per heavy atom. The van der Waals surface area contributed by atoms with Gasteiger partial charge in [-0.25, -0.2) is 0 Å². The minimum Gasteiger partial charge on any atom is -0.368 e. The fourth-order valence-electron chi connectivity index (χ4n) is 3.60. The van der Waals surface area contributed by atoms with Gasteiger partial charge in [0.1, 0.15) is 0 Å². The summed E-state index contributed by atoms with van der Waals surface area (Å²) < 4.78 is 0. The molecule has 1 aliphatic rings. The van der Waals surface area contributed by atoms with E-state index < -0.39 is 0 Å². The molecule has 4 nitrogen and oxygen atoms in total. The highest BCUT2D eigenvalue weighted by Crippen LogP contribution is 2.28. The third-order valence-corrected chi connectivity index (χ3v) is 6.67. The molecule has 1 saturated heterocycles. The molecule has 0 amide bonds. The van der Waals surface area contributed by atoms with Crippen LogP contribution in [0.3, 0.4) is 0 Å². The number of halogens is 3. The zero-order valence-corrected chi connectivity index (χ0v) is 20.1. The summed E-state index contributed by atoms with van der Waals surface area (Å²) in [5.41, 5.74) is 2.76. The van der Waals surface area contributed by atoms with E-state index in [1.807, 2.05) is 36.4 Å². The average Bonchev–Trinajstić information content (AvgIpc) is 2.82. The summed E-state index contributed by atoms with van der Waals surface area (Å²) in [4.78, 5) is 17.4. The van der Waals surface area contributed by atoms with Crippen molar-refractivity contribution < 1.29 is 4.79 Å². The second-order valence-corrected chi connectivity index (χ2v) is 9.03. The number of hydrogen-bond donors (Lipinski definition) is 1. The van der Waals surface area contributed by atoms with Gasteiger partial charge < -0.3 is 15.1 Å².